The van der Waals surface area contributed by atoms with Crippen LogP contribution >= 0.6 is 23.2 Å². The molecule has 0 atom stereocenters. The lowest BCUT2D eigenvalue weighted by Gasteiger charge is -2.16. The Hall–Kier alpha value is -2.43. The molecule has 3 nitrogen and oxygen atoms in total. The van der Waals surface area contributed by atoms with E-state index in [0.717, 1.165) is 16.8 Å². The van der Waals surface area contributed by atoms with Gasteiger partial charge < -0.3 is 14.8 Å². The molecule has 146 valence electrons. The molecule has 0 heterocycles. The Morgan fingerprint density at radius 1 is 0.929 bits per heavy atom. The molecule has 0 aliphatic rings. The first-order valence-corrected chi connectivity index (χ1v) is 9.63. The number of hydrogen-bond donors (Lipinski definition) is 1. The molecular weight excluding hydrogens is 400 g/mol. The second-order valence-electron chi connectivity index (χ2n) is 6.08. The molecule has 0 aromatic heterocycles. The maximum Gasteiger partial charge on any atom is 0.180 e. The van der Waals surface area contributed by atoms with E-state index in [9.17, 15) is 4.39 Å². The average molecular weight is 420 g/mol. The van der Waals surface area contributed by atoms with Crippen LogP contribution in [0, 0.1) is 5.82 Å². The molecule has 0 radical (unpaired) electrons. The quantitative estimate of drug-likeness (QED) is 0.439. The topological polar surface area (TPSA) is 30.5 Å². The van der Waals surface area contributed by atoms with Gasteiger partial charge in [-0.15, -0.1) is 0 Å². The van der Waals surface area contributed by atoms with Gasteiger partial charge in [0.1, 0.15) is 12.4 Å². The Morgan fingerprint density at radius 2 is 1.68 bits per heavy atom. The summed E-state index contributed by atoms with van der Waals surface area (Å²) in [5.41, 5.74) is 2.60. The number of nitrogens with one attached hydrogen (secondary N) is 1. The van der Waals surface area contributed by atoms with Gasteiger partial charge >= 0.3 is 0 Å². The summed E-state index contributed by atoms with van der Waals surface area (Å²) in [6.07, 6.45) is 0. The van der Waals surface area contributed by atoms with Crippen LogP contribution in [0.25, 0.3) is 0 Å². The van der Waals surface area contributed by atoms with Gasteiger partial charge in [0.05, 0.1) is 11.6 Å². The predicted molar refractivity (Wildman–Crippen MR) is 112 cm³/mol. The third kappa shape index (κ3) is 5.31. The van der Waals surface area contributed by atoms with E-state index in [2.05, 4.69) is 5.32 Å². The zero-order valence-corrected chi connectivity index (χ0v) is 16.9. The van der Waals surface area contributed by atoms with Gasteiger partial charge in [-0.1, -0.05) is 41.4 Å². The molecule has 1 N–H and O–H groups in total. The monoisotopic (exact) mass is 419 g/mol. The number of ether oxygens (including phenoxy) is 2. The third-order valence-electron chi connectivity index (χ3n) is 4.04. The Kier molecular flexibility index (Phi) is 7.01. The first-order chi connectivity index (χ1) is 13.6. The molecule has 28 heavy (non-hydrogen) atoms. The van der Waals surface area contributed by atoms with Gasteiger partial charge in [0.25, 0.3) is 0 Å². The first-order valence-electron chi connectivity index (χ1n) is 8.87. The molecule has 0 saturated carbocycles. The molecule has 6 heteroatoms. The van der Waals surface area contributed by atoms with Crippen molar-refractivity contribution in [2.45, 2.75) is 20.1 Å². The van der Waals surface area contributed by atoms with Gasteiger partial charge in [0.2, 0.25) is 0 Å². The van der Waals surface area contributed by atoms with Crippen molar-refractivity contribution >= 4 is 28.9 Å². The molecule has 3 aromatic carbocycles. The van der Waals surface area contributed by atoms with Gasteiger partial charge in [0, 0.05) is 22.8 Å². The summed E-state index contributed by atoms with van der Waals surface area (Å²) in [5, 5.41) is 4.32. The second kappa shape index (κ2) is 9.67. The second-order valence-corrected chi connectivity index (χ2v) is 6.89. The van der Waals surface area contributed by atoms with Crippen LogP contribution in [0.5, 0.6) is 11.5 Å². The van der Waals surface area contributed by atoms with Crippen LogP contribution in [0.4, 0.5) is 10.1 Å². The minimum absolute atomic E-state index is 0.271. The SMILES string of the molecule is CCOc1cc(CNc2ccc(F)cc2)cc(Cl)c1OCc1ccccc1Cl. The highest BCUT2D eigenvalue weighted by atomic mass is 35.5. The highest BCUT2D eigenvalue weighted by Gasteiger charge is 2.14. The average Bonchev–Trinajstić information content (AvgIpc) is 2.68. The summed E-state index contributed by atoms with van der Waals surface area (Å²) >= 11 is 12.7. The maximum atomic E-state index is 13.0. The fourth-order valence-corrected chi connectivity index (χ4v) is 3.14. The summed E-state index contributed by atoms with van der Waals surface area (Å²) < 4.78 is 24.7. The lowest BCUT2D eigenvalue weighted by Crippen LogP contribution is -2.04. The van der Waals surface area contributed by atoms with Crippen molar-refractivity contribution in [2.75, 3.05) is 11.9 Å². The Morgan fingerprint density at radius 3 is 2.39 bits per heavy atom. The van der Waals surface area contributed by atoms with Gasteiger partial charge in [-0.05, 0) is 55.0 Å². The van der Waals surface area contributed by atoms with Crippen molar-refractivity contribution in [3.8, 4) is 11.5 Å². The number of anilines is 1. The molecule has 0 spiro atoms. The Bertz CT molecular complexity index is 932. The largest absolute Gasteiger partial charge is 0.490 e. The van der Waals surface area contributed by atoms with E-state index in [0.29, 0.717) is 34.7 Å². The normalized spacial score (nSPS) is 10.6. The van der Waals surface area contributed by atoms with E-state index in [1.54, 1.807) is 12.1 Å². The number of hydrogen-bond acceptors (Lipinski definition) is 3. The Balaban J connectivity index is 1.75. The zero-order valence-electron chi connectivity index (χ0n) is 15.3. The van der Waals surface area contributed by atoms with Crippen molar-refractivity contribution in [3.63, 3.8) is 0 Å². The lowest BCUT2D eigenvalue weighted by atomic mass is 10.2. The predicted octanol–water partition coefficient (Wildman–Crippen LogP) is 6.72. The number of rotatable bonds is 8. The van der Waals surface area contributed by atoms with E-state index in [4.69, 9.17) is 32.7 Å². The van der Waals surface area contributed by atoms with Gasteiger partial charge in [-0.25, -0.2) is 4.39 Å². The van der Waals surface area contributed by atoms with Crippen LogP contribution < -0.4 is 14.8 Å². The van der Waals surface area contributed by atoms with E-state index < -0.39 is 0 Å². The van der Waals surface area contributed by atoms with E-state index in [1.165, 1.54) is 12.1 Å². The molecular formula is C22H20Cl2FNO2. The summed E-state index contributed by atoms with van der Waals surface area (Å²) in [6, 6.07) is 17.4. The van der Waals surface area contributed by atoms with Crippen molar-refractivity contribution < 1.29 is 13.9 Å². The van der Waals surface area contributed by atoms with E-state index in [1.807, 2.05) is 43.3 Å². The van der Waals surface area contributed by atoms with Crippen LogP contribution in [-0.2, 0) is 13.2 Å². The van der Waals surface area contributed by atoms with Gasteiger partial charge in [-0.3, -0.25) is 0 Å². The highest BCUT2D eigenvalue weighted by Crippen LogP contribution is 2.37. The van der Waals surface area contributed by atoms with Crippen molar-refractivity contribution in [1.29, 1.82) is 0 Å². The van der Waals surface area contributed by atoms with Crippen molar-refractivity contribution in [1.82, 2.24) is 0 Å². The fourth-order valence-electron chi connectivity index (χ4n) is 2.66. The molecule has 3 aromatic rings. The summed E-state index contributed by atoms with van der Waals surface area (Å²) in [5.74, 6) is 0.777. The van der Waals surface area contributed by atoms with Crippen LogP contribution in [0.15, 0.2) is 60.7 Å². The first kappa shape index (κ1) is 20.3. The summed E-state index contributed by atoms with van der Waals surface area (Å²) in [6.45, 7) is 3.17. The molecule has 0 aliphatic heterocycles. The van der Waals surface area contributed by atoms with Crippen molar-refractivity contribution in [3.05, 3.63) is 87.7 Å². The highest BCUT2D eigenvalue weighted by molar-refractivity contribution is 6.32. The van der Waals surface area contributed by atoms with Crippen LogP contribution in [0.3, 0.4) is 0 Å². The summed E-state index contributed by atoms with van der Waals surface area (Å²) in [7, 11) is 0. The minimum atomic E-state index is -0.271. The zero-order chi connectivity index (χ0) is 19.9. The number of halogens is 3. The molecule has 3 rings (SSSR count). The molecule has 0 amide bonds. The van der Waals surface area contributed by atoms with Gasteiger partial charge in [0.15, 0.2) is 11.5 Å². The number of benzene rings is 3. The smallest absolute Gasteiger partial charge is 0.180 e. The molecule has 0 fully saturated rings. The third-order valence-corrected chi connectivity index (χ3v) is 4.69. The lowest BCUT2D eigenvalue weighted by molar-refractivity contribution is 0.269. The standard InChI is InChI=1S/C22H20Cl2FNO2/c1-2-27-21-12-15(13-26-18-9-7-17(25)8-10-18)11-20(24)22(21)28-14-16-5-3-4-6-19(16)23/h3-12,26H,2,13-14H2,1H3. The molecule has 0 aliphatic carbocycles. The molecule has 0 saturated heterocycles. The molecule has 0 bridgehead atoms. The van der Waals surface area contributed by atoms with E-state index in [-0.39, 0.29) is 12.4 Å². The maximum absolute atomic E-state index is 13.0. The van der Waals surface area contributed by atoms with Crippen LogP contribution in [-0.4, -0.2) is 6.61 Å². The fraction of sp³-hybridized carbons (Fsp3) is 0.182. The summed E-state index contributed by atoms with van der Waals surface area (Å²) in [4.78, 5) is 0. The van der Waals surface area contributed by atoms with Crippen molar-refractivity contribution in [2.24, 2.45) is 0 Å². The minimum Gasteiger partial charge on any atom is -0.490 e. The Labute approximate surface area is 174 Å². The van der Waals surface area contributed by atoms with E-state index >= 15 is 0 Å². The molecule has 0 unspecified atom stereocenters. The van der Waals surface area contributed by atoms with Crippen LogP contribution in [0.2, 0.25) is 10.0 Å². The van der Waals surface area contributed by atoms with Gasteiger partial charge in [-0.2, -0.15) is 0 Å². The van der Waals surface area contributed by atoms with Crippen LogP contribution in [0.1, 0.15) is 18.1 Å².